The minimum atomic E-state index is -0.931. The first-order valence-electron chi connectivity index (χ1n) is 5.35. The number of alkyl halides is 1. The maximum Gasteiger partial charge on any atom is -0.0623 e. The van der Waals surface area contributed by atoms with Crippen molar-refractivity contribution >= 4 is 37.8 Å². The van der Waals surface area contributed by atoms with E-state index in [1.165, 1.54) is 5.56 Å². The van der Waals surface area contributed by atoms with Crippen LogP contribution in [0.15, 0.2) is 66.7 Å². The molecule has 2 nitrogen and oxygen atoms in total. The van der Waals surface area contributed by atoms with Crippen molar-refractivity contribution in [3.05, 3.63) is 72.3 Å². The molecule has 0 atom stereocenters. The monoisotopic (exact) mass is 402 g/mol. The fraction of sp³-hybridized carbons (Fsp3) is 0.133. The summed E-state index contributed by atoms with van der Waals surface area (Å²) in [6.07, 6.45) is 0. The first-order valence-corrected chi connectivity index (χ1v) is 13.7. The Bertz CT molecular complexity index is 337. The van der Waals surface area contributed by atoms with Crippen LogP contribution in [-0.4, -0.2) is 12.3 Å². The van der Waals surface area contributed by atoms with Crippen molar-refractivity contribution in [3.63, 3.8) is 0 Å². The molecule has 2 aromatic rings. The third kappa shape index (κ3) is 24.9. The van der Waals surface area contributed by atoms with Gasteiger partial charge in [-0.25, -0.2) is 0 Å². The van der Waals surface area contributed by atoms with Crippen LogP contribution in [0.4, 0.5) is 0 Å². The molecule has 2 aromatic carbocycles. The molecule has 0 spiro atoms. The molecule has 2 rings (SSSR count). The Balaban J connectivity index is -0.000000100. The van der Waals surface area contributed by atoms with Gasteiger partial charge in [-0.2, -0.15) is 0 Å². The van der Waals surface area contributed by atoms with Crippen molar-refractivity contribution in [1.29, 1.82) is 0 Å². The maximum absolute atomic E-state index is 8.00. The number of benzene rings is 2. The van der Waals surface area contributed by atoms with Crippen LogP contribution in [0.1, 0.15) is 13.0 Å². The molecule has 0 unspecified atom stereocenters. The molecule has 0 amide bonds. The summed E-state index contributed by atoms with van der Waals surface area (Å²) in [5, 5.41) is 0. The largest absolute Gasteiger partial charge is 0.0623 e. The Kier molecular flexibility index (Phi) is 38.0. The molecule has 0 fully saturated rings. The van der Waals surface area contributed by atoms with E-state index in [0.29, 0.717) is 5.88 Å². The van der Waals surface area contributed by atoms with Gasteiger partial charge in [0.15, 0.2) is 0 Å². The molecule has 0 bridgehead atoms. The van der Waals surface area contributed by atoms with Gasteiger partial charge in [-0.05, 0) is 5.56 Å². The zero-order chi connectivity index (χ0) is 14.8. The third-order valence-electron chi connectivity index (χ3n) is 1.66. The molecule has 0 heterocycles. The van der Waals surface area contributed by atoms with Crippen LogP contribution in [0.25, 0.3) is 0 Å². The van der Waals surface area contributed by atoms with E-state index in [-0.39, 0.29) is 12.9 Å². The number of hydrogen-bond donors (Lipinski definition) is 0. The average Bonchev–Trinajstić information content (AvgIpc) is 2.53. The third-order valence-corrected chi connectivity index (χ3v) is 1.97. The van der Waals surface area contributed by atoms with Gasteiger partial charge in [0.2, 0.25) is 0 Å². The second kappa shape index (κ2) is 27.8. The van der Waals surface area contributed by atoms with E-state index in [4.69, 9.17) is 35.8 Å². The van der Waals surface area contributed by atoms with Crippen LogP contribution in [0.3, 0.4) is 0 Å². The fourth-order valence-electron chi connectivity index (χ4n) is 0.952. The quantitative estimate of drug-likeness (QED) is 0.480. The molecule has 21 heavy (non-hydrogen) atoms. The number of hydrogen-bond acceptors (Lipinski definition) is 1. The predicted molar refractivity (Wildman–Crippen MR) is 91.6 cm³/mol. The molecule has 0 saturated carbocycles. The van der Waals surface area contributed by atoms with Crippen LogP contribution in [0.2, 0.25) is 0 Å². The predicted octanol–water partition coefficient (Wildman–Crippen LogP) is 5.12. The Morgan fingerprint density at radius 2 is 1.05 bits per heavy atom. The van der Waals surface area contributed by atoms with E-state index < -0.39 is 15.1 Å². The molecule has 0 saturated heterocycles. The van der Waals surface area contributed by atoms with Crippen LogP contribution >= 0.6 is 31.0 Å². The SMILES string of the molecule is C.C=O.ClCc1ccccc1.O.[Cl][Zn][Cl].c1ccccc1. The summed E-state index contributed by atoms with van der Waals surface area (Å²) in [6, 6.07) is 22.0. The fourth-order valence-corrected chi connectivity index (χ4v) is 1.13. The zero-order valence-electron chi connectivity index (χ0n) is 11.0. The van der Waals surface area contributed by atoms with Crippen molar-refractivity contribution < 1.29 is 25.4 Å². The molecule has 6 heteroatoms. The van der Waals surface area contributed by atoms with Crippen LogP contribution < -0.4 is 0 Å². The number of carbonyl (C=O) groups excluding carboxylic acids is 1. The van der Waals surface area contributed by atoms with Crippen LogP contribution in [0.5, 0.6) is 0 Å². The number of halogens is 3. The molecule has 0 aliphatic heterocycles. The van der Waals surface area contributed by atoms with Gasteiger partial charge in [0.1, 0.15) is 6.79 Å². The van der Waals surface area contributed by atoms with E-state index >= 15 is 0 Å². The van der Waals surface area contributed by atoms with Gasteiger partial charge >= 0.3 is 34.5 Å². The van der Waals surface area contributed by atoms with Gasteiger partial charge in [-0.15, -0.1) is 11.6 Å². The summed E-state index contributed by atoms with van der Waals surface area (Å²) in [4.78, 5) is 8.00. The van der Waals surface area contributed by atoms with Crippen molar-refractivity contribution in [2.75, 3.05) is 0 Å². The van der Waals surface area contributed by atoms with Gasteiger partial charge in [0.25, 0.3) is 0 Å². The Hall–Kier alpha value is -0.437. The molecular weight excluding hydrogens is 384 g/mol. The van der Waals surface area contributed by atoms with Crippen molar-refractivity contribution in [2.45, 2.75) is 13.3 Å². The minimum Gasteiger partial charge on any atom is -0.0623 e. The number of carbonyl (C=O) groups is 1. The molecule has 0 aliphatic carbocycles. The summed E-state index contributed by atoms with van der Waals surface area (Å²) in [7, 11) is 9.90. The maximum atomic E-state index is 8.00. The van der Waals surface area contributed by atoms with Crippen LogP contribution in [0, 0.1) is 0 Å². The van der Waals surface area contributed by atoms with E-state index in [1.54, 1.807) is 0 Å². The first kappa shape index (κ1) is 28.7. The van der Waals surface area contributed by atoms with Crippen molar-refractivity contribution in [2.24, 2.45) is 0 Å². The van der Waals surface area contributed by atoms with Crippen molar-refractivity contribution in [1.82, 2.24) is 0 Å². The first-order chi connectivity index (χ1) is 9.35. The van der Waals surface area contributed by atoms with Gasteiger partial charge in [0, 0.05) is 5.88 Å². The minimum absolute atomic E-state index is 0. The Morgan fingerprint density at radius 3 is 1.24 bits per heavy atom. The molecule has 0 aliphatic rings. The summed E-state index contributed by atoms with van der Waals surface area (Å²) >= 11 is 4.60. The molecular formula is C15H21Cl3O2Zn. The molecule has 2 N–H and O–H groups in total. The van der Waals surface area contributed by atoms with Crippen LogP contribution in [-0.2, 0) is 25.8 Å². The normalized spacial score (nSPS) is 6.43. The van der Waals surface area contributed by atoms with Gasteiger partial charge in [-0.1, -0.05) is 74.2 Å². The summed E-state index contributed by atoms with van der Waals surface area (Å²) in [5.41, 5.74) is 1.18. The topological polar surface area (TPSA) is 48.6 Å². The van der Waals surface area contributed by atoms with Crippen molar-refractivity contribution in [3.8, 4) is 0 Å². The summed E-state index contributed by atoms with van der Waals surface area (Å²) in [5.74, 6) is 0.612. The Labute approximate surface area is 148 Å². The molecule has 0 aromatic heterocycles. The molecule has 116 valence electrons. The second-order valence-electron chi connectivity index (χ2n) is 2.87. The van der Waals surface area contributed by atoms with E-state index in [0.717, 1.165) is 0 Å². The molecule has 0 radical (unpaired) electrons. The van der Waals surface area contributed by atoms with E-state index in [9.17, 15) is 0 Å². The van der Waals surface area contributed by atoms with Gasteiger partial charge < -0.3 is 10.3 Å². The zero-order valence-corrected chi connectivity index (χ0v) is 16.2. The summed E-state index contributed by atoms with van der Waals surface area (Å²) < 4.78 is 0. The Morgan fingerprint density at radius 1 is 0.810 bits per heavy atom. The van der Waals surface area contributed by atoms with Gasteiger partial charge in [0.05, 0.1) is 0 Å². The van der Waals surface area contributed by atoms with E-state index in [2.05, 4.69) is 0 Å². The van der Waals surface area contributed by atoms with E-state index in [1.807, 2.05) is 73.5 Å². The number of rotatable bonds is 1. The standard InChI is InChI=1S/C7H7Cl.C6H6.CH2O.CH4.2ClH.H2O.Zn/c8-6-7-4-2-1-3-5-7;1-2-4-6-5-3-1;1-2;;;;;/h1-5H,6H2;1-6H;1H2;1H4;2*1H;1H2;/q;;;;;;;+2/p-2. The smallest absolute Gasteiger partial charge is 0.0623 e. The van der Waals surface area contributed by atoms with Gasteiger partial charge in [-0.3, -0.25) is 0 Å². The summed E-state index contributed by atoms with van der Waals surface area (Å²) in [6.45, 7) is 2.00. The average molecular weight is 405 g/mol. The second-order valence-corrected chi connectivity index (χ2v) is 7.77.